The van der Waals surface area contributed by atoms with Gasteiger partial charge in [-0.15, -0.1) is 12.4 Å². The van der Waals surface area contributed by atoms with E-state index in [4.69, 9.17) is 0 Å². The van der Waals surface area contributed by atoms with Gasteiger partial charge in [0.05, 0.1) is 27.7 Å². The molecule has 0 aliphatic carbocycles. The van der Waals surface area contributed by atoms with E-state index in [0.717, 1.165) is 4.48 Å². The van der Waals surface area contributed by atoms with Gasteiger partial charge in [0.2, 0.25) is 0 Å². The van der Waals surface area contributed by atoms with Crippen molar-refractivity contribution in [1.29, 1.82) is 0 Å². The minimum atomic E-state index is 0. The summed E-state index contributed by atoms with van der Waals surface area (Å²) in [4.78, 5) is 0. The van der Waals surface area contributed by atoms with Gasteiger partial charge < -0.3 is 12.8 Å². The molecule has 0 atom stereocenters. The molecule has 0 fully saturated rings. The average Bonchev–Trinajstić information content (AvgIpc) is 2.38. The SMILES string of the molecule is CCCCCCCCCCCCCCCC[N+](C)(C)C.Cl.O.[H-].[H-].[Mg+2]. The van der Waals surface area contributed by atoms with E-state index in [0.29, 0.717) is 0 Å². The Kier molecular flexibility index (Phi) is 31.7. The number of rotatable bonds is 15. The van der Waals surface area contributed by atoms with Gasteiger partial charge >= 0.3 is 23.1 Å². The van der Waals surface area contributed by atoms with Crippen LogP contribution in [-0.2, 0) is 0 Å². The van der Waals surface area contributed by atoms with Crippen LogP contribution in [0.15, 0.2) is 0 Å². The quantitative estimate of drug-likeness (QED) is 0.205. The predicted octanol–water partition coefficient (Wildman–Crippen LogP) is 5.62. The molecular weight excluding hydrogens is 318 g/mol. The van der Waals surface area contributed by atoms with Crippen LogP contribution < -0.4 is 0 Å². The fourth-order valence-electron chi connectivity index (χ4n) is 2.78. The van der Waals surface area contributed by atoms with E-state index in [2.05, 4.69) is 28.1 Å². The van der Waals surface area contributed by atoms with Crippen molar-refractivity contribution < 1.29 is 12.8 Å². The molecule has 0 unspecified atom stereocenters. The third-order valence-electron chi connectivity index (χ3n) is 4.18. The van der Waals surface area contributed by atoms with E-state index >= 15 is 0 Å². The van der Waals surface area contributed by atoms with Gasteiger partial charge in [0.25, 0.3) is 0 Å². The van der Waals surface area contributed by atoms with E-state index in [9.17, 15) is 0 Å². The second-order valence-corrected chi connectivity index (χ2v) is 7.61. The van der Waals surface area contributed by atoms with Gasteiger partial charge in [-0.3, -0.25) is 0 Å². The van der Waals surface area contributed by atoms with Crippen LogP contribution in [0.25, 0.3) is 0 Å². The van der Waals surface area contributed by atoms with Gasteiger partial charge in [-0.25, -0.2) is 0 Å². The van der Waals surface area contributed by atoms with Crippen molar-refractivity contribution >= 4 is 35.5 Å². The van der Waals surface area contributed by atoms with Crippen LogP contribution >= 0.6 is 12.4 Å². The van der Waals surface area contributed by atoms with E-state index in [1.54, 1.807) is 0 Å². The summed E-state index contributed by atoms with van der Waals surface area (Å²) in [6.07, 6.45) is 20.4. The van der Waals surface area contributed by atoms with Crippen molar-refractivity contribution in [2.75, 3.05) is 27.7 Å². The zero-order chi connectivity index (χ0) is 15.1. The maximum Gasteiger partial charge on any atom is 2.00 e. The van der Waals surface area contributed by atoms with Crippen LogP contribution in [0.2, 0.25) is 0 Å². The summed E-state index contributed by atoms with van der Waals surface area (Å²) >= 11 is 0. The molecule has 0 saturated heterocycles. The number of quaternary nitrogens is 1. The van der Waals surface area contributed by atoms with Crippen LogP contribution in [0.3, 0.4) is 0 Å². The summed E-state index contributed by atoms with van der Waals surface area (Å²) in [6, 6.07) is 0. The number of hydrogen-bond acceptors (Lipinski definition) is 0. The van der Waals surface area contributed by atoms with Crippen molar-refractivity contribution in [3.05, 3.63) is 0 Å². The van der Waals surface area contributed by atoms with Gasteiger partial charge in [-0.1, -0.05) is 84.0 Å². The van der Waals surface area contributed by atoms with Crippen LogP contribution in [0.4, 0.5) is 0 Å². The topological polar surface area (TPSA) is 31.5 Å². The zero-order valence-corrected chi connectivity index (χ0v) is 18.9. The summed E-state index contributed by atoms with van der Waals surface area (Å²) in [5, 5.41) is 0. The Morgan fingerprint density at radius 1 is 0.565 bits per heavy atom. The van der Waals surface area contributed by atoms with Crippen LogP contribution in [0.1, 0.15) is 99.7 Å². The fourth-order valence-corrected chi connectivity index (χ4v) is 2.78. The standard InChI is InChI=1S/C19H42N.ClH.Mg.H2O.2H/c1-5-6-7-8-9-10-11-12-13-14-15-16-17-18-19-20(2,3)4;;;;;/h5-19H2,1-4H3;1H;;1H2;;/q+1;;+2;;2*-1. The third-order valence-corrected chi connectivity index (χ3v) is 4.18. The Bertz CT molecular complexity index is 208. The van der Waals surface area contributed by atoms with Crippen molar-refractivity contribution in [3.8, 4) is 0 Å². The average molecular weight is 365 g/mol. The summed E-state index contributed by atoms with van der Waals surface area (Å²) < 4.78 is 1.12. The van der Waals surface area contributed by atoms with Crippen LogP contribution in [0, 0.1) is 0 Å². The summed E-state index contributed by atoms with van der Waals surface area (Å²) in [7, 11) is 6.88. The smallest absolute Gasteiger partial charge is 1.00 e. The Morgan fingerprint density at radius 2 is 0.826 bits per heavy atom. The number of nitrogens with zero attached hydrogens (tertiary/aromatic N) is 1. The van der Waals surface area contributed by atoms with E-state index in [1.165, 1.54) is 96.4 Å². The summed E-state index contributed by atoms with van der Waals surface area (Å²) in [6.45, 7) is 3.63. The molecule has 0 aromatic heterocycles. The first-order chi connectivity index (χ1) is 9.56. The molecule has 23 heavy (non-hydrogen) atoms. The first-order valence-electron chi connectivity index (χ1n) is 9.36. The van der Waals surface area contributed by atoms with Gasteiger partial charge in [-0.05, 0) is 12.8 Å². The Balaban J connectivity index is -0.000000180. The van der Waals surface area contributed by atoms with E-state index < -0.39 is 0 Å². The van der Waals surface area contributed by atoms with Crippen LogP contribution in [0.5, 0.6) is 0 Å². The maximum absolute atomic E-state index is 2.29. The molecule has 0 bridgehead atoms. The second-order valence-electron chi connectivity index (χ2n) is 7.61. The first-order valence-corrected chi connectivity index (χ1v) is 9.36. The van der Waals surface area contributed by atoms with Crippen molar-refractivity contribution in [1.82, 2.24) is 0 Å². The van der Waals surface area contributed by atoms with E-state index in [1.807, 2.05) is 0 Å². The normalized spacial score (nSPS) is 10.4. The minimum absolute atomic E-state index is 0. The largest absolute Gasteiger partial charge is 2.00 e. The molecule has 2 nitrogen and oxygen atoms in total. The first kappa shape index (κ1) is 31.7. The Morgan fingerprint density at radius 3 is 1.09 bits per heavy atom. The van der Waals surface area contributed by atoms with Crippen molar-refractivity contribution in [2.24, 2.45) is 0 Å². The molecule has 0 aliphatic rings. The molecule has 0 saturated carbocycles. The molecule has 0 radical (unpaired) electrons. The minimum Gasteiger partial charge on any atom is -1.00 e. The van der Waals surface area contributed by atoms with Crippen molar-refractivity contribution in [3.63, 3.8) is 0 Å². The number of halogens is 1. The molecule has 142 valence electrons. The molecule has 0 aliphatic heterocycles. The van der Waals surface area contributed by atoms with Gasteiger partial charge in [0.15, 0.2) is 0 Å². The molecule has 0 aromatic rings. The fraction of sp³-hybridized carbons (Fsp3) is 1.00. The van der Waals surface area contributed by atoms with Gasteiger partial charge in [0, 0.05) is 0 Å². The molecule has 0 spiro atoms. The van der Waals surface area contributed by atoms with Gasteiger partial charge in [-0.2, -0.15) is 0 Å². The summed E-state index contributed by atoms with van der Waals surface area (Å²) in [5.41, 5.74) is 0. The Labute approximate surface area is 172 Å². The summed E-state index contributed by atoms with van der Waals surface area (Å²) in [5.74, 6) is 0. The molecule has 4 heteroatoms. The Hall–Kier alpha value is 0.976. The van der Waals surface area contributed by atoms with Gasteiger partial charge in [0.1, 0.15) is 0 Å². The monoisotopic (exact) mass is 364 g/mol. The molecular formula is C19H47ClMgNO+. The molecule has 0 heterocycles. The van der Waals surface area contributed by atoms with E-state index in [-0.39, 0.29) is 43.8 Å². The predicted molar refractivity (Wildman–Crippen MR) is 112 cm³/mol. The van der Waals surface area contributed by atoms with Crippen LogP contribution in [-0.4, -0.2) is 60.7 Å². The third kappa shape index (κ3) is 31.3. The van der Waals surface area contributed by atoms with Crippen molar-refractivity contribution in [2.45, 2.75) is 96.8 Å². The second kappa shape index (κ2) is 23.0. The molecule has 0 rings (SSSR count). The molecule has 0 amide bonds. The number of hydrogen-bond donors (Lipinski definition) is 0. The number of unbranched alkanes of at least 4 members (excludes halogenated alkanes) is 13. The maximum atomic E-state index is 2.29. The molecule has 0 aromatic carbocycles. The molecule has 2 N–H and O–H groups in total. The zero-order valence-electron chi connectivity index (χ0n) is 18.7.